The molecule has 168 valence electrons. The Morgan fingerprint density at radius 1 is 1.38 bits per heavy atom. The highest BCUT2D eigenvalue weighted by molar-refractivity contribution is 6.03. The SMILES string of the molecule is CCOc1cc2nc(C)nn2cc1NC(=O)N1CCc2c(N3CCN[C@H](C)C3)ccnc21. The molecule has 5 heterocycles. The summed E-state index contributed by atoms with van der Waals surface area (Å²) in [5.41, 5.74) is 3.53. The van der Waals surface area contributed by atoms with E-state index in [4.69, 9.17) is 4.74 Å². The molecular formula is C22H28N8O2. The summed E-state index contributed by atoms with van der Waals surface area (Å²) in [4.78, 5) is 26.3. The van der Waals surface area contributed by atoms with Crippen LogP contribution in [0.2, 0.25) is 0 Å². The average Bonchev–Trinajstić information content (AvgIpc) is 3.36. The van der Waals surface area contributed by atoms with Gasteiger partial charge in [-0.15, -0.1) is 0 Å². The van der Waals surface area contributed by atoms with E-state index in [2.05, 4.69) is 43.6 Å². The van der Waals surface area contributed by atoms with E-state index in [1.54, 1.807) is 27.9 Å². The number of carbonyl (C=O) groups excluding carboxylic acids is 1. The molecule has 3 aromatic heterocycles. The summed E-state index contributed by atoms with van der Waals surface area (Å²) >= 11 is 0. The maximum absolute atomic E-state index is 13.3. The molecule has 10 heteroatoms. The van der Waals surface area contributed by atoms with Crippen molar-refractivity contribution in [2.24, 2.45) is 0 Å². The summed E-state index contributed by atoms with van der Waals surface area (Å²) in [5, 5.41) is 10.8. The molecule has 2 aliphatic heterocycles. The first kappa shape index (κ1) is 20.5. The monoisotopic (exact) mass is 436 g/mol. The maximum Gasteiger partial charge on any atom is 0.327 e. The van der Waals surface area contributed by atoms with Crippen molar-refractivity contribution in [1.29, 1.82) is 0 Å². The fraction of sp³-hybridized carbons (Fsp3) is 0.455. The number of rotatable bonds is 4. The molecule has 0 saturated carbocycles. The van der Waals surface area contributed by atoms with Gasteiger partial charge in [-0.2, -0.15) is 5.10 Å². The van der Waals surface area contributed by atoms with Crippen molar-refractivity contribution in [2.45, 2.75) is 33.2 Å². The molecular weight excluding hydrogens is 408 g/mol. The quantitative estimate of drug-likeness (QED) is 0.647. The van der Waals surface area contributed by atoms with Gasteiger partial charge in [0, 0.05) is 55.7 Å². The van der Waals surface area contributed by atoms with Crippen molar-refractivity contribution < 1.29 is 9.53 Å². The lowest BCUT2D eigenvalue weighted by Crippen LogP contribution is -2.49. The average molecular weight is 437 g/mol. The molecule has 2 amide bonds. The lowest BCUT2D eigenvalue weighted by molar-refractivity contribution is 0.257. The molecule has 32 heavy (non-hydrogen) atoms. The van der Waals surface area contributed by atoms with Gasteiger partial charge in [0.15, 0.2) is 5.65 Å². The molecule has 0 aliphatic carbocycles. The van der Waals surface area contributed by atoms with Crippen molar-refractivity contribution >= 4 is 28.9 Å². The van der Waals surface area contributed by atoms with E-state index in [1.807, 2.05) is 13.8 Å². The van der Waals surface area contributed by atoms with Gasteiger partial charge < -0.3 is 20.3 Å². The van der Waals surface area contributed by atoms with Crippen molar-refractivity contribution in [2.75, 3.05) is 47.9 Å². The molecule has 0 spiro atoms. The molecule has 0 unspecified atom stereocenters. The summed E-state index contributed by atoms with van der Waals surface area (Å²) in [6.07, 6.45) is 4.31. The Balaban J connectivity index is 1.41. The van der Waals surface area contributed by atoms with Crippen LogP contribution in [-0.4, -0.2) is 64.4 Å². The predicted octanol–water partition coefficient (Wildman–Crippen LogP) is 2.22. The normalized spacial score (nSPS) is 18.2. The number of urea groups is 1. The number of hydrogen-bond acceptors (Lipinski definition) is 7. The largest absolute Gasteiger partial charge is 0.491 e. The van der Waals surface area contributed by atoms with Gasteiger partial charge in [-0.3, -0.25) is 4.90 Å². The van der Waals surface area contributed by atoms with Crippen molar-refractivity contribution in [3.63, 3.8) is 0 Å². The zero-order valence-corrected chi connectivity index (χ0v) is 18.6. The lowest BCUT2D eigenvalue weighted by atomic mass is 10.1. The van der Waals surface area contributed by atoms with Crippen LogP contribution in [0, 0.1) is 6.92 Å². The molecule has 1 saturated heterocycles. The van der Waals surface area contributed by atoms with Crippen molar-refractivity contribution in [1.82, 2.24) is 24.9 Å². The Kier molecular flexibility index (Phi) is 5.30. The molecule has 2 N–H and O–H groups in total. The first-order chi connectivity index (χ1) is 15.5. The number of nitrogens with zero attached hydrogens (tertiary/aromatic N) is 6. The van der Waals surface area contributed by atoms with Crippen molar-refractivity contribution in [3.05, 3.63) is 35.9 Å². The van der Waals surface area contributed by atoms with Crippen LogP contribution in [0.15, 0.2) is 24.5 Å². The number of hydrogen-bond donors (Lipinski definition) is 2. The second-order valence-corrected chi connectivity index (χ2v) is 8.21. The first-order valence-electron chi connectivity index (χ1n) is 11.1. The minimum absolute atomic E-state index is 0.237. The molecule has 5 rings (SSSR count). The fourth-order valence-electron chi connectivity index (χ4n) is 4.49. The number of pyridine rings is 2. The maximum atomic E-state index is 13.3. The van der Waals surface area contributed by atoms with Gasteiger partial charge >= 0.3 is 6.03 Å². The van der Waals surface area contributed by atoms with Crippen LogP contribution in [0.5, 0.6) is 5.75 Å². The van der Waals surface area contributed by atoms with Gasteiger partial charge in [0.2, 0.25) is 0 Å². The Morgan fingerprint density at radius 2 is 2.25 bits per heavy atom. The highest BCUT2D eigenvalue weighted by Gasteiger charge is 2.31. The van der Waals surface area contributed by atoms with E-state index in [0.29, 0.717) is 42.1 Å². The van der Waals surface area contributed by atoms with Gasteiger partial charge in [-0.25, -0.2) is 19.3 Å². The molecule has 0 radical (unpaired) electrons. The molecule has 2 aliphatic rings. The van der Waals surface area contributed by atoms with E-state index in [0.717, 1.165) is 37.4 Å². The molecule has 1 fully saturated rings. The highest BCUT2D eigenvalue weighted by atomic mass is 16.5. The Labute approximate surface area is 186 Å². The Bertz CT molecular complexity index is 1160. The number of amides is 2. The van der Waals surface area contributed by atoms with Crippen LogP contribution < -0.4 is 25.2 Å². The molecule has 0 aromatic carbocycles. The Morgan fingerprint density at radius 3 is 3.06 bits per heavy atom. The molecule has 10 nitrogen and oxygen atoms in total. The van der Waals surface area contributed by atoms with E-state index >= 15 is 0 Å². The number of anilines is 3. The van der Waals surface area contributed by atoms with E-state index in [-0.39, 0.29) is 6.03 Å². The minimum Gasteiger partial charge on any atom is -0.491 e. The minimum atomic E-state index is -0.237. The topological polar surface area (TPSA) is 99.9 Å². The van der Waals surface area contributed by atoms with Gasteiger partial charge in [-0.05, 0) is 33.3 Å². The van der Waals surface area contributed by atoms with Crippen LogP contribution >= 0.6 is 0 Å². The van der Waals surface area contributed by atoms with Crippen LogP contribution in [0.1, 0.15) is 25.2 Å². The summed E-state index contributed by atoms with van der Waals surface area (Å²) in [6, 6.07) is 4.05. The third-order valence-corrected chi connectivity index (χ3v) is 5.89. The number of aryl methyl sites for hydroxylation is 1. The van der Waals surface area contributed by atoms with Gasteiger partial charge in [0.25, 0.3) is 0 Å². The first-order valence-corrected chi connectivity index (χ1v) is 11.1. The van der Waals surface area contributed by atoms with E-state index in [9.17, 15) is 4.79 Å². The summed E-state index contributed by atoms with van der Waals surface area (Å²) < 4.78 is 7.40. The highest BCUT2D eigenvalue weighted by Crippen LogP contribution is 2.35. The number of fused-ring (bicyclic) bond motifs is 2. The molecule has 1 atom stereocenters. The van der Waals surface area contributed by atoms with Crippen molar-refractivity contribution in [3.8, 4) is 5.75 Å². The lowest BCUT2D eigenvalue weighted by Gasteiger charge is -2.34. The predicted molar refractivity (Wildman–Crippen MR) is 123 cm³/mol. The summed E-state index contributed by atoms with van der Waals surface area (Å²) in [7, 11) is 0. The van der Waals surface area contributed by atoms with Crippen LogP contribution in [0.3, 0.4) is 0 Å². The van der Waals surface area contributed by atoms with Crippen LogP contribution in [0.25, 0.3) is 5.65 Å². The molecule has 0 bridgehead atoms. The fourth-order valence-corrected chi connectivity index (χ4v) is 4.49. The van der Waals surface area contributed by atoms with E-state index < -0.39 is 0 Å². The smallest absolute Gasteiger partial charge is 0.327 e. The number of ether oxygens (including phenoxy) is 1. The number of nitrogens with one attached hydrogen (secondary N) is 2. The van der Waals surface area contributed by atoms with Gasteiger partial charge in [0.05, 0.1) is 12.8 Å². The Hall–Kier alpha value is -3.40. The zero-order valence-electron chi connectivity index (χ0n) is 18.6. The standard InChI is InChI=1S/C22H28N8O2/c1-4-32-19-11-20-25-15(3)27-30(20)13-17(19)26-22(31)29-9-6-16-18(5-7-24-21(16)29)28-10-8-23-14(2)12-28/h5,7,11,13-14,23H,4,6,8-10,12H2,1-3H3,(H,26,31)/t14-/m1/s1. The zero-order chi connectivity index (χ0) is 22.2. The van der Waals surface area contributed by atoms with Gasteiger partial charge in [0.1, 0.15) is 23.1 Å². The second-order valence-electron chi connectivity index (χ2n) is 8.21. The summed E-state index contributed by atoms with van der Waals surface area (Å²) in [6.45, 7) is 9.83. The number of carbonyl (C=O) groups is 1. The van der Waals surface area contributed by atoms with Crippen LogP contribution in [0.4, 0.5) is 22.0 Å². The second kappa shape index (κ2) is 8.27. The van der Waals surface area contributed by atoms with E-state index in [1.165, 1.54) is 5.69 Å². The third-order valence-electron chi connectivity index (χ3n) is 5.89. The number of piperazine rings is 1. The van der Waals surface area contributed by atoms with Gasteiger partial charge in [-0.1, -0.05) is 0 Å². The molecule has 3 aromatic rings. The number of aromatic nitrogens is 4. The van der Waals surface area contributed by atoms with Crippen LogP contribution in [-0.2, 0) is 6.42 Å². The third kappa shape index (κ3) is 3.70. The summed E-state index contributed by atoms with van der Waals surface area (Å²) in [5.74, 6) is 1.95.